The highest BCUT2D eigenvalue weighted by Crippen LogP contribution is 2.34. The van der Waals surface area contributed by atoms with Gasteiger partial charge in [-0.15, -0.1) is 0 Å². The topological polar surface area (TPSA) is 106 Å². The van der Waals surface area contributed by atoms with Gasteiger partial charge in [0.25, 0.3) is 0 Å². The minimum Gasteiger partial charge on any atom is -0.489 e. The molecule has 0 spiro atoms. The Labute approximate surface area is 193 Å². The molecule has 0 aliphatic rings. The van der Waals surface area contributed by atoms with Gasteiger partial charge in [-0.1, -0.05) is 42.0 Å². The number of aliphatic hydroxyl groups excluding tert-OH is 1. The van der Waals surface area contributed by atoms with E-state index in [4.69, 9.17) is 9.15 Å². The molecule has 1 aromatic heterocycles. The Morgan fingerprint density at radius 1 is 1.00 bits per heavy atom. The molecular weight excluding hydrogens is 418 g/mol. The molecule has 33 heavy (non-hydrogen) atoms. The largest absolute Gasteiger partial charge is 0.489 e. The van der Waals surface area contributed by atoms with E-state index in [1.165, 1.54) is 7.05 Å². The van der Waals surface area contributed by atoms with E-state index in [2.05, 4.69) is 11.8 Å². The van der Waals surface area contributed by atoms with Crippen LogP contribution in [-0.2, 0) is 24.4 Å². The van der Waals surface area contributed by atoms with Crippen molar-refractivity contribution in [2.24, 2.45) is 5.73 Å². The maximum Gasteiger partial charge on any atom is 0.307 e. The van der Waals surface area contributed by atoms with Crippen LogP contribution in [0.15, 0.2) is 65.1 Å². The molecule has 4 N–H and O–H groups in total. The Morgan fingerprint density at radius 3 is 2.45 bits per heavy atom. The van der Waals surface area contributed by atoms with E-state index in [1.54, 1.807) is 6.07 Å². The van der Waals surface area contributed by atoms with Gasteiger partial charge in [0, 0.05) is 16.5 Å². The maximum atomic E-state index is 11.2. The van der Waals surface area contributed by atoms with Crippen LogP contribution in [0.1, 0.15) is 28.0 Å². The third kappa shape index (κ3) is 5.80. The van der Waals surface area contributed by atoms with Crippen molar-refractivity contribution in [2.45, 2.75) is 33.5 Å². The Morgan fingerprint density at radius 2 is 1.76 bits per heavy atom. The number of carboxylic acid groups (broad SMARTS) is 1. The summed E-state index contributed by atoms with van der Waals surface area (Å²) in [7, 11) is 1.50. The van der Waals surface area contributed by atoms with Gasteiger partial charge >= 0.3 is 5.97 Å². The normalized spacial score (nSPS) is 10.6. The van der Waals surface area contributed by atoms with Crippen molar-refractivity contribution < 1.29 is 24.2 Å². The van der Waals surface area contributed by atoms with Gasteiger partial charge in [0.15, 0.2) is 0 Å². The summed E-state index contributed by atoms with van der Waals surface area (Å²) in [6, 6.07) is 19.5. The molecule has 0 saturated heterocycles. The fourth-order valence-corrected chi connectivity index (χ4v) is 3.72. The predicted molar refractivity (Wildman–Crippen MR) is 129 cm³/mol. The molecule has 172 valence electrons. The third-order valence-electron chi connectivity index (χ3n) is 5.17. The number of hydrogen-bond acceptors (Lipinski definition) is 5. The fourth-order valence-electron chi connectivity index (χ4n) is 3.72. The summed E-state index contributed by atoms with van der Waals surface area (Å²) < 4.78 is 11.9. The van der Waals surface area contributed by atoms with Gasteiger partial charge in [-0.3, -0.25) is 4.79 Å². The van der Waals surface area contributed by atoms with E-state index in [0.717, 1.165) is 38.8 Å². The van der Waals surface area contributed by atoms with Crippen LogP contribution in [0.2, 0.25) is 0 Å². The highest BCUT2D eigenvalue weighted by atomic mass is 16.5. The summed E-state index contributed by atoms with van der Waals surface area (Å²) in [5, 5.41) is 19.6. The van der Waals surface area contributed by atoms with Crippen LogP contribution in [0.5, 0.6) is 5.75 Å². The van der Waals surface area contributed by atoms with Gasteiger partial charge in [-0.25, -0.2) is 0 Å². The van der Waals surface area contributed by atoms with Crippen molar-refractivity contribution in [3.63, 3.8) is 0 Å². The van der Waals surface area contributed by atoms with Gasteiger partial charge in [0.1, 0.15) is 30.3 Å². The zero-order valence-electron chi connectivity index (χ0n) is 19.1. The highest BCUT2D eigenvalue weighted by Gasteiger charge is 2.14. The van der Waals surface area contributed by atoms with Crippen LogP contribution in [-0.4, -0.2) is 23.2 Å². The van der Waals surface area contributed by atoms with E-state index < -0.39 is 5.97 Å². The van der Waals surface area contributed by atoms with Crippen LogP contribution in [0, 0.1) is 13.8 Å². The van der Waals surface area contributed by atoms with Crippen molar-refractivity contribution in [3.8, 4) is 16.9 Å². The summed E-state index contributed by atoms with van der Waals surface area (Å²) in [4.78, 5) is 11.2. The first kappa shape index (κ1) is 24.0. The summed E-state index contributed by atoms with van der Waals surface area (Å²) in [6.45, 7) is 4.10. The lowest BCUT2D eigenvalue weighted by Gasteiger charge is -2.13. The number of fused-ring (bicyclic) bond motifs is 1. The van der Waals surface area contributed by atoms with Crippen LogP contribution < -0.4 is 10.5 Å². The van der Waals surface area contributed by atoms with Gasteiger partial charge in [-0.2, -0.15) is 0 Å². The number of furan rings is 1. The molecule has 0 aliphatic heterocycles. The lowest BCUT2D eigenvalue weighted by Crippen LogP contribution is -2.04. The number of aryl methyl sites for hydroxylation is 2. The monoisotopic (exact) mass is 447 g/mol. The van der Waals surface area contributed by atoms with E-state index in [0.29, 0.717) is 17.1 Å². The number of carboxylic acids is 1. The van der Waals surface area contributed by atoms with Crippen LogP contribution in [0.3, 0.4) is 0 Å². The van der Waals surface area contributed by atoms with Gasteiger partial charge < -0.3 is 25.1 Å². The van der Waals surface area contributed by atoms with E-state index in [-0.39, 0.29) is 19.6 Å². The van der Waals surface area contributed by atoms with Gasteiger partial charge in [0.2, 0.25) is 0 Å². The number of rotatable bonds is 7. The summed E-state index contributed by atoms with van der Waals surface area (Å²) in [5.74, 6) is 0.180. The first-order chi connectivity index (χ1) is 15.9. The van der Waals surface area contributed by atoms with Gasteiger partial charge in [0.05, 0.1) is 6.42 Å². The van der Waals surface area contributed by atoms with E-state index >= 15 is 0 Å². The number of carbonyl (C=O) groups is 1. The fraction of sp³-hybridized carbons (Fsp3) is 0.222. The summed E-state index contributed by atoms with van der Waals surface area (Å²) >= 11 is 0. The van der Waals surface area contributed by atoms with Crippen molar-refractivity contribution >= 4 is 16.9 Å². The molecule has 0 radical (unpaired) electrons. The molecule has 0 aliphatic carbocycles. The zero-order chi connectivity index (χ0) is 24.0. The molecule has 0 bridgehead atoms. The Bertz CT molecular complexity index is 1260. The molecule has 1 heterocycles. The quantitative estimate of drug-likeness (QED) is 0.369. The summed E-state index contributed by atoms with van der Waals surface area (Å²) in [6.07, 6.45) is -0.0925. The van der Waals surface area contributed by atoms with Crippen LogP contribution in [0.25, 0.3) is 22.1 Å². The first-order valence-corrected chi connectivity index (χ1v) is 10.7. The zero-order valence-corrected chi connectivity index (χ0v) is 19.1. The molecule has 0 amide bonds. The third-order valence-corrected chi connectivity index (χ3v) is 5.17. The van der Waals surface area contributed by atoms with Crippen molar-refractivity contribution in [1.82, 2.24) is 0 Å². The Balaban J connectivity index is 0.00000149. The number of benzene rings is 3. The number of aliphatic carboxylic acids is 1. The van der Waals surface area contributed by atoms with E-state index in [9.17, 15) is 15.0 Å². The number of ether oxygens (including phenoxy) is 1. The summed E-state index contributed by atoms with van der Waals surface area (Å²) in [5.41, 5.74) is 10.9. The Kier molecular flexibility index (Phi) is 7.87. The lowest BCUT2D eigenvalue weighted by atomic mass is 9.99. The standard InChI is InChI=1S/C26H24O5.CH5N/c1-16-4-3-5-19(8-16)23-11-18(10-21-12-22(14-27)31-26(21)23)15-30-24-9-17(2)6-7-20(24)13-25(28)29;1-2/h3-12,27H,13-15H2,1-2H3,(H,28,29);2H2,1H3. The highest BCUT2D eigenvalue weighted by molar-refractivity contribution is 5.93. The second-order valence-electron chi connectivity index (χ2n) is 7.77. The average Bonchev–Trinajstić information content (AvgIpc) is 3.23. The molecule has 3 aromatic carbocycles. The predicted octanol–water partition coefficient (Wildman–Crippen LogP) is 4.99. The number of hydrogen-bond donors (Lipinski definition) is 3. The van der Waals surface area contributed by atoms with Crippen molar-refractivity contribution in [3.05, 3.63) is 88.7 Å². The maximum absolute atomic E-state index is 11.2. The SMILES string of the molecule is CN.Cc1cccc(-c2cc(COc3cc(C)ccc3CC(=O)O)cc3cc(CO)oc23)c1. The molecule has 0 fully saturated rings. The number of nitrogens with two attached hydrogens (primary N) is 1. The number of aliphatic hydroxyl groups is 1. The van der Waals surface area contributed by atoms with Crippen LogP contribution in [0.4, 0.5) is 0 Å². The molecule has 4 aromatic rings. The molecule has 6 heteroatoms. The van der Waals surface area contributed by atoms with E-state index in [1.807, 2.05) is 62.4 Å². The molecule has 0 unspecified atom stereocenters. The molecule has 0 atom stereocenters. The molecule has 6 nitrogen and oxygen atoms in total. The smallest absolute Gasteiger partial charge is 0.307 e. The lowest BCUT2D eigenvalue weighted by molar-refractivity contribution is -0.136. The van der Waals surface area contributed by atoms with Crippen molar-refractivity contribution in [1.29, 1.82) is 0 Å². The molecular formula is C27H29NO5. The van der Waals surface area contributed by atoms with Gasteiger partial charge in [-0.05, 0) is 61.9 Å². The molecule has 4 rings (SSSR count). The minimum atomic E-state index is -0.896. The molecule has 0 saturated carbocycles. The average molecular weight is 448 g/mol. The van der Waals surface area contributed by atoms with Crippen LogP contribution >= 0.6 is 0 Å². The second kappa shape index (κ2) is 10.8. The second-order valence-corrected chi connectivity index (χ2v) is 7.77. The Hall–Kier alpha value is -3.61. The first-order valence-electron chi connectivity index (χ1n) is 10.7. The van der Waals surface area contributed by atoms with Crippen molar-refractivity contribution in [2.75, 3.05) is 7.05 Å². The minimum absolute atomic E-state index is 0.0925.